The van der Waals surface area contributed by atoms with E-state index in [9.17, 15) is 10.1 Å². The van der Waals surface area contributed by atoms with Gasteiger partial charge in [0.2, 0.25) is 0 Å². The maximum absolute atomic E-state index is 12.1. The van der Waals surface area contributed by atoms with Crippen molar-refractivity contribution in [2.75, 3.05) is 0 Å². The Morgan fingerprint density at radius 3 is 2.38 bits per heavy atom. The second kappa shape index (κ2) is 7.15. The lowest BCUT2D eigenvalue weighted by Gasteiger charge is -2.32. The summed E-state index contributed by atoms with van der Waals surface area (Å²) in [5, 5.41) is 12.1. The van der Waals surface area contributed by atoms with E-state index in [4.69, 9.17) is 14.0 Å². The highest BCUT2D eigenvalue weighted by molar-refractivity contribution is 6.63. The molecule has 0 unspecified atom stereocenters. The molecular weight excluding hydrogens is 369 g/mol. The maximum Gasteiger partial charge on any atom is 0.498 e. The number of aryl methyl sites for hydroxylation is 1. The third-order valence-corrected chi connectivity index (χ3v) is 6.27. The van der Waals surface area contributed by atoms with Gasteiger partial charge in [0, 0.05) is 11.0 Å². The van der Waals surface area contributed by atoms with Crippen LogP contribution in [0.4, 0.5) is 5.69 Å². The van der Waals surface area contributed by atoms with Crippen LogP contribution in [0.1, 0.15) is 50.8 Å². The number of rotatable bonds is 5. The van der Waals surface area contributed by atoms with Crippen LogP contribution in [-0.2, 0) is 28.8 Å². The van der Waals surface area contributed by atoms with Crippen molar-refractivity contribution in [1.29, 1.82) is 0 Å². The zero-order chi connectivity index (χ0) is 20.8. The molecule has 0 bridgehead atoms. The molecule has 0 amide bonds. The molecule has 7 heteroatoms. The molecular formula is C22H26BNO5. The van der Waals surface area contributed by atoms with Gasteiger partial charge >= 0.3 is 12.8 Å². The average molecular weight is 395 g/mol. The number of hydrogen-bond donors (Lipinski definition) is 0. The zero-order valence-electron chi connectivity index (χ0n) is 17.4. The molecule has 1 heterocycles. The molecule has 1 aliphatic carbocycles. The van der Waals surface area contributed by atoms with Crippen LogP contribution < -0.4 is 10.2 Å². The van der Waals surface area contributed by atoms with E-state index in [0.29, 0.717) is 11.9 Å². The second-order valence-corrected chi connectivity index (χ2v) is 8.75. The van der Waals surface area contributed by atoms with Gasteiger partial charge in [0.15, 0.2) is 5.75 Å². The van der Waals surface area contributed by atoms with E-state index in [1.807, 2.05) is 64.1 Å². The third kappa shape index (κ3) is 3.53. The van der Waals surface area contributed by atoms with Crippen molar-refractivity contribution in [3.8, 4) is 5.75 Å². The lowest BCUT2D eigenvalue weighted by molar-refractivity contribution is -0.386. The first kappa shape index (κ1) is 19.9. The van der Waals surface area contributed by atoms with Gasteiger partial charge in [-0.25, -0.2) is 0 Å². The first-order chi connectivity index (χ1) is 13.7. The second-order valence-electron chi connectivity index (χ2n) is 8.75. The smallest absolute Gasteiger partial charge is 0.482 e. The summed E-state index contributed by atoms with van der Waals surface area (Å²) < 4.78 is 18.5. The maximum atomic E-state index is 12.1. The van der Waals surface area contributed by atoms with Gasteiger partial charge in [0.1, 0.15) is 6.61 Å². The molecule has 2 aromatic carbocycles. The van der Waals surface area contributed by atoms with Crippen molar-refractivity contribution in [3.63, 3.8) is 0 Å². The van der Waals surface area contributed by atoms with E-state index in [0.717, 1.165) is 29.5 Å². The molecule has 6 nitrogen and oxygen atoms in total. The highest BCUT2D eigenvalue weighted by atomic mass is 16.7. The highest BCUT2D eigenvalue weighted by Crippen LogP contribution is 2.41. The quantitative estimate of drug-likeness (QED) is 0.435. The van der Waals surface area contributed by atoms with Gasteiger partial charge in [-0.2, -0.15) is 0 Å². The van der Waals surface area contributed by atoms with Crippen LogP contribution in [0, 0.1) is 10.1 Å². The molecule has 2 aromatic rings. The summed E-state index contributed by atoms with van der Waals surface area (Å²) in [5.74, 6) is 0.262. The Morgan fingerprint density at radius 2 is 1.76 bits per heavy atom. The molecule has 0 aromatic heterocycles. The van der Waals surface area contributed by atoms with Gasteiger partial charge in [-0.1, -0.05) is 36.4 Å². The monoisotopic (exact) mass is 395 g/mol. The molecule has 2 aliphatic rings. The molecule has 1 aliphatic heterocycles. The van der Waals surface area contributed by atoms with E-state index in [1.54, 1.807) is 0 Å². The van der Waals surface area contributed by atoms with Crippen molar-refractivity contribution in [2.24, 2.45) is 0 Å². The third-order valence-electron chi connectivity index (χ3n) is 6.27. The molecule has 1 fully saturated rings. The van der Waals surface area contributed by atoms with E-state index in [1.165, 1.54) is 0 Å². The summed E-state index contributed by atoms with van der Waals surface area (Å²) in [6, 6.07) is 11.6. The SMILES string of the molecule is CC1(C)OB(c2cc3c(c([N+](=O)[O-])c2OCc2ccccc2)CCC3)OC1(C)C. The molecule has 0 spiro atoms. The van der Waals surface area contributed by atoms with Gasteiger partial charge in [-0.15, -0.1) is 0 Å². The summed E-state index contributed by atoms with van der Waals surface area (Å²) in [6.07, 6.45) is 2.42. The predicted octanol–water partition coefficient (Wildman–Crippen LogP) is 3.96. The fourth-order valence-electron chi connectivity index (χ4n) is 3.94. The predicted molar refractivity (Wildman–Crippen MR) is 112 cm³/mol. The van der Waals surface area contributed by atoms with E-state index >= 15 is 0 Å². The van der Waals surface area contributed by atoms with Crippen molar-refractivity contribution in [1.82, 2.24) is 0 Å². The van der Waals surface area contributed by atoms with Gasteiger partial charge in [-0.05, 0) is 58.1 Å². The fraction of sp³-hybridized carbons (Fsp3) is 0.455. The summed E-state index contributed by atoms with van der Waals surface area (Å²) in [6.45, 7) is 8.13. The Morgan fingerprint density at radius 1 is 1.10 bits per heavy atom. The van der Waals surface area contributed by atoms with Gasteiger partial charge in [0.05, 0.1) is 16.1 Å². The average Bonchev–Trinajstić information content (AvgIpc) is 3.20. The van der Waals surface area contributed by atoms with Gasteiger partial charge in [-0.3, -0.25) is 10.1 Å². The van der Waals surface area contributed by atoms with Gasteiger partial charge in [0.25, 0.3) is 0 Å². The topological polar surface area (TPSA) is 70.8 Å². The van der Waals surface area contributed by atoms with E-state index < -0.39 is 18.3 Å². The van der Waals surface area contributed by atoms with Crippen LogP contribution in [0.15, 0.2) is 36.4 Å². The summed E-state index contributed by atoms with van der Waals surface area (Å²) in [7, 11) is -0.713. The van der Waals surface area contributed by atoms with Crippen LogP contribution in [-0.4, -0.2) is 23.2 Å². The Kier molecular flexibility index (Phi) is 4.91. The number of ether oxygens (including phenoxy) is 1. The molecule has 0 radical (unpaired) electrons. The largest absolute Gasteiger partial charge is 0.498 e. The lowest BCUT2D eigenvalue weighted by Crippen LogP contribution is -2.41. The van der Waals surface area contributed by atoms with Gasteiger partial charge < -0.3 is 14.0 Å². The molecule has 0 atom stereocenters. The minimum atomic E-state index is -0.713. The molecule has 1 saturated heterocycles. The number of nitrogens with zero attached hydrogens (tertiary/aromatic N) is 1. The Balaban J connectivity index is 1.79. The normalized spacial score (nSPS) is 19.2. The standard InChI is InChI=1S/C22H26BNO5/c1-21(2)22(3,4)29-23(28-21)18-13-16-11-8-12-17(16)19(24(25)26)20(18)27-14-15-9-6-5-7-10-15/h5-7,9-10,13H,8,11-12,14H2,1-4H3. The number of nitro groups is 1. The fourth-order valence-corrected chi connectivity index (χ4v) is 3.94. The number of nitro benzene ring substituents is 1. The summed E-state index contributed by atoms with van der Waals surface area (Å²) in [5.41, 5.74) is 2.30. The van der Waals surface area contributed by atoms with Crippen LogP contribution in [0.2, 0.25) is 0 Å². The highest BCUT2D eigenvalue weighted by Gasteiger charge is 2.53. The van der Waals surface area contributed by atoms with Crippen molar-refractivity contribution < 1.29 is 19.0 Å². The zero-order valence-corrected chi connectivity index (χ0v) is 17.4. The van der Waals surface area contributed by atoms with Crippen molar-refractivity contribution >= 4 is 18.3 Å². The first-order valence-corrected chi connectivity index (χ1v) is 10.0. The minimum absolute atomic E-state index is 0.0562. The summed E-state index contributed by atoms with van der Waals surface area (Å²) in [4.78, 5) is 11.7. The molecule has 4 rings (SSSR count). The van der Waals surface area contributed by atoms with E-state index in [-0.39, 0.29) is 23.0 Å². The van der Waals surface area contributed by atoms with Crippen molar-refractivity contribution in [2.45, 2.75) is 64.8 Å². The van der Waals surface area contributed by atoms with Crippen LogP contribution >= 0.6 is 0 Å². The molecule has 0 saturated carbocycles. The minimum Gasteiger partial charge on any atom is -0.482 e. The lowest BCUT2D eigenvalue weighted by atomic mass is 9.76. The van der Waals surface area contributed by atoms with Crippen LogP contribution in [0.5, 0.6) is 5.75 Å². The van der Waals surface area contributed by atoms with Crippen molar-refractivity contribution in [3.05, 3.63) is 63.2 Å². The van der Waals surface area contributed by atoms with Crippen LogP contribution in [0.3, 0.4) is 0 Å². The molecule has 0 N–H and O–H groups in total. The van der Waals surface area contributed by atoms with Crippen LogP contribution in [0.25, 0.3) is 0 Å². The molecule has 152 valence electrons. The first-order valence-electron chi connectivity index (χ1n) is 10.0. The summed E-state index contributed by atoms with van der Waals surface area (Å²) >= 11 is 0. The van der Waals surface area contributed by atoms with E-state index in [2.05, 4.69) is 0 Å². The Labute approximate surface area is 171 Å². The Bertz CT molecular complexity index is 926. The molecule has 29 heavy (non-hydrogen) atoms. The number of hydrogen-bond acceptors (Lipinski definition) is 5. The Hall–Kier alpha value is -2.38. The number of benzene rings is 2. The number of fused-ring (bicyclic) bond motifs is 1.